The number of methoxy groups -OCH3 is 1. The smallest absolute Gasteiger partial charge is 0.233 e. The minimum atomic E-state index is -0.197. The summed E-state index contributed by atoms with van der Waals surface area (Å²) in [7, 11) is 1.64. The third kappa shape index (κ3) is 4.35. The zero-order valence-electron chi connectivity index (χ0n) is 18.2. The van der Waals surface area contributed by atoms with Crippen LogP contribution in [0.2, 0.25) is 0 Å². The first-order valence-electron chi connectivity index (χ1n) is 11.2. The van der Waals surface area contributed by atoms with Crippen LogP contribution in [-0.4, -0.2) is 41.9 Å². The number of carbonyl (C=O) groups excluding carboxylic acids is 2. The zero-order valence-corrected chi connectivity index (χ0v) is 19.0. The van der Waals surface area contributed by atoms with Crippen molar-refractivity contribution in [2.45, 2.75) is 32.2 Å². The molecule has 1 atom stereocenters. The van der Waals surface area contributed by atoms with E-state index >= 15 is 0 Å². The highest BCUT2D eigenvalue weighted by atomic mass is 32.1. The lowest BCUT2D eigenvalue weighted by Gasteiger charge is -2.34. The number of fused-ring (bicyclic) bond motifs is 1. The Balaban J connectivity index is 1.44. The summed E-state index contributed by atoms with van der Waals surface area (Å²) < 4.78 is 6.34. The number of hydrogen-bond acceptors (Lipinski definition) is 5. The fourth-order valence-electron chi connectivity index (χ4n) is 4.33. The summed E-state index contributed by atoms with van der Waals surface area (Å²) in [6.45, 7) is 1.74. The Morgan fingerprint density at radius 1 is 1.12 bits per heavy atom. The van der Waals surface area contributed by atoms with Crippen molar-refractivity contribution in [1.82, 2.24) is 9.88 Å². The molecule has 166 valence electrons. The summed E-state index contributed by atoms with van der Waals surface area (Å²) in [5.41, 5.74) is 1.91. The summed E-state index contributed by atoms with van der Waals surface area (Å²) >= 11 is 1.50. The van der Waals surface area contributed by atoms with Gasteiger partial charge in [0.15, 0.2) is 5.13 Å². The van der Waals surface area contributed by atoms with E-state index in [1.807, 2.05) is 58.3 Å². The third-order valence-corrected chi connectivity index (χ3v) is 7.31. The fourth-order valence-corrected chi connectivity index (χ4v) is 5.33. The number of anilines is 1. The van der Waals surface area contributed by atoms with Gasteiger partial charge in [-0.15, -0.1) is 0 Å². The molecule has 1 saturated carbocycles. The van der Waals surface area contributed by atoms with Gasteiger partial charge in [-0.1, -0.05) is 41.7 Å². The minimum absolute atomic E-state index is 0.0492. The number of aromatic nitrogens is 1. The number of likely N-dealkylation sites (tertiary alicyclic amines) is 1. The molecule has 0 spiro atoms. The SMILES string of the molecule is COc1ccc2nc(N(Cc3ccccc3)C(=O)C3CCCN(C(=O)C4CC4)C3)sc2c1. The van der Waals surface area contributed by atoms with Gasteiger partial charge in [0.05, 0.1) is 29.8 Å². The maximum atomic E-state index is 13.8. The maximum Gasteiger partial charge on any atom is 0.233 e. The lowest BCUT2D eigenvalue weighted by atomic mass is 9.96. The molecule has 1 aliphatic heterocycles. The molecule has 3 aromatic rings. The molecule has 1 saturated heterocycles. The minimum Gasteiger partial charge on any atom is -0.497 e. The van der Waals surface area contributed by atoms with Gasteiger partial charge in [-0.05, 0) is 49.4 Å². The molecule has 1 aliphatic carbocycles. The van der Waals surface area contributed by atoms with Crippen molar-refractivity contribution in [3.8, 4) is 5.75 Å². The van der Waals surface area contributed by atoms with Crippen LogP contribution in [0.25, 0.3) is 10.2 Å². The molecule has 1 unspecified atom stereocenters. The van der Waals surface area contributed by atoms with Gasteiger partial charge in [-0.3, -0.25) is 14.5 Å². The van der Waals surface area contributed by atoms with E-state index in [1.54, 1.807) is 7.11 Å². The molecule has 0 N–H and O–H groups in total. The zero-order chi connectivity index (χ0) is 22.1. The first-order valence-corrected chi connectivity index (χ1v) is 12.0. The van der Waals surface area contributed by atoms with Crippen LogP contribution in [-0.2, 0) is 16.1 Å². The summed E-state index contributed by atoms with van der Waals surface area (Å²) in [5.74, 6) is 1.03. The molecule has 1 aromatic heterocycles. The Morgan fingerprint density at radius 3 is 2.69 bits per heavy atom. The lowest BCUT2D eigenvalue weighted by Crippen LogP contribution is -2.47. The van der Waals surface area contributed by atoms with E-state index < -0.39 is 0 Å². The second-order valence-electron chi connectivity index (χ2n) is 8.64. The van der Waals surface area contributed by atoms with Gasteiger partial charge >= 0.3 is 0 Å². The number of nitrogens with zero attached hydrogens (tertiary/aromatic N) is 3. The van der Waals surface area contributed by atoms with Gasteiger partial charge in [0.2, 0.25) is 11.8 Å². The Morgan fingerprint density at radius 2 is 1.94 bits per heavy atom. The quantitative estimate of drug-likeness (QED) is 0.556. The normalized spacial score (nSPS) is 18.5. The highest BCUT2D eigenvalue weighted by Crippen LogP contribution is 2.35. The third-order valence-electron chi connectivity index (χ3n) is 6.27. The molecule has 6 nitrogen and oxygen atoms in total. The number of carbonyl (C=O) groups is 2. The van der Waals surface area contributed by atoms with E-state index in [2.05, 4.69) is 0 Å². The van der Waals surface area contributed by atoms with Crippen molar-refractivity contribution in [2.75, 3.05) is 25.1 Å². The maximum absolute atomic E-state index is 13.8. The summed E-state index contributed by atoms with van der Waals surface area (Å²) in [6, 6.07) is 15.8. The van der Waals surface area contributed by atoms with Crippen molar-refractivity contribution in [3.63, 3.8) is 0 Å². The van der Waals surface area contributed by atoms with Crippen molar-refractivity contribution in [2.24, 2.45) is 11.8 Å². The van der Waals surface area contributed by atoms with E-state index in [0.29, 0.717) is 18.2 Å². The summed E-state index contributed by atoms with van der Waals surface area (Å²) in [4.78, 5) is 34.9. The average molecular weight is 450 g/mol. The number of amides is 2. The number of benzene rings is 2. The van der Waals surface area contributed by atoms with E-state index in [4.69, 9.17) is 9.72 Å². The number of hydrogen-bond donors (Lipinski definition) is 0. The number of piperidine rings is 1. The standard InChI is InChI=1S/C25H27N3O3S/c1-31-20-11-12-21-22(14-20)32-25(26-21)28(15-17-6-3-2-4-7-17)24(30)19-8-5-13-27(16-19)23(29)18-9-10-18/h2-4,6-7,11-12,14,18-19H,5,8-10,13,15-16H2,1H3. The number of rotatable bonds is 6. The molecule has 7 heteroatoms. The van der Waals surface area contributed by atoms with Crippen LogP contribution in [0.15, 0.2) is 48.5 Å². The molecular weight excluding hydrogens is 422 g/mol. The molecule has 2 fully saturated rings. The molecule has 0 bridgehead atoms. The predicted octanol–water partition coefficient (Wildman–Crippen LogP) is 4.49. The molecule has 2 amide bonds. The van der Waals surface area contributed by atoms with E-state index in [1.165, 1.54) is 11.3 Å². The molecule has 2 aliphatic rings. The van der Waals surface area contributed by atoms with Crippen LogP contribution in [0.5, 0.6) is 5.75 Å². The first kappa shape index (κ1) is 20.9. The Labute approximate surface area is 191 Å². The predicted molar refractivity (Wildman–Crippen MR) is 126 cm³/mol. The molecule has 0 radical (unpaired) electrons. The van der Waals surface area contributed by atoms with Gasteiger partial charge in [-0.2, -0.15) is 0 Å². The topological polar surface area (TPSA) is 62.7 Å². The van der Waals surface area contributed by atoms with Gasteiger partial charge in [0.1, 0.15) is 5.75 Å². The average Bonchev–Trinajstić information content (AvgIpc) is 3.61. The molecule has 5 rings (SSSR count). The van der Waals surface area contributed by atoms with Gasteiger partial charge < -0.3 is 9.64 Å². The Bertz CT molecular complexity index is 1130. The second-order valence-corrected chi connectivity index (χ2v) is 9.65. The summed E-state index contributed by atoms with van der Waals surface area (Å²) in [6.07, 6.45) is 3.65. The highest BCUT2D eigenvalue weighted by Gasteiger charge is 2.38. The highest BCUT2D eigenvalue weighted by molar-refractivity contribution is 7.22. The molecule has 32 heavy (non-hydrogen) atoms. The van der Waals surface area contributed by atoms with Gasteiger partial charge in [0.25, 0.3) is 0 Å². The number of thiazole rings is 1. The van der Waals surface area contributed by atoms with E-state index in [9.17, 15) is 9.59 Å². The lowest BCUT2D eigenvalue weighted by molar-refractivity contribution is -0.136. The molecular formula is C25H27N3O3S. The molecule has 2 aromatic carbocycles. The van der Waals surface area contributed by atoms with E-state index in [0.717, 1.165) is 53.8 Å². The van der Waals surface area contributed by atoms with Crippen molar-refractivity contribution < 1.29 is 14.3 Å². The Kier molecular flexibility index (Phi) is 5.83. The van der Waals surface area contributed by atoms with Crippen LogP contribution < -0.4 is 9.64 Å². The van der Waals surface area contributed by atoms with Crippen LogP contribution in [0.1, 0.15) is 31.2 Å². The monoisotopic (exact) mass is 449 g/mol. The van der Waals surface area contributed by atoms with Crippen LogP contribution in [0.3, 0.4) is 0 Å². The second kappa shape index (κ2) is 8.90. The van der Waals surface area contributed by atoms with Gasteiger partial charge in [-0.25, -0.2) is 4.98 Å². The molecule has 2 heterocycles. The van der Waals surface area contributed by atoms with Gasteiger partial charge in [0, 0.05) is 19.0 Å². The first-order chi connectivity index (χ1) is 15.6. The number of ether oxygens (including phenoxy) is 1. The van der Waals surface area contributed by atoms with Crippen LogP contribution in [0.4, 0.5) is 5.13 Å². The van der Waals surface area contributed by atoms with Crippen molar-refractivity contribution in [1.29, 1.82) is 0 Å². The Hall–Kier alpha value is -2.93. The fraction of sp³-hybridized carbons (Fsp3) is 0.400. The van der Waals surface area contributed by atoms with Crippen molar-refractivity contribution in [3.05, 3.63) is 54.1 Å². The summed E-state index contributed by atoms with van der Waals surface area (Å²) in [5, 5.41) is 0.688. The van der Waals surface area contributed by atoms with Crippen LogP contribution >= 0.6 is 11.3 Å². The van der Waals surface area contributed by atoms with Crippen molar-refractivity contribution >= 4 is 38.5 Å². The van der Waals surface area contributed by atoms with E-state index in [-0.39, 0.29) is 23.7 Å². The van der Waals surface area contributed by atoms with Crippen LogP contribution in [0, 0.1) is 11.8 Å². The largest absolute Gasteiger partial charge is 0.497 e.